The number of amides is 1. The first-order chi connectivity index (χ1) is 9.69. The maximum Gasteiger partial charge on any atom is 0.238 e. The number of aliphatic hydroxyl groups is 1. The van der Waals surface area contributed by atoms with Gasteiger partial charge in [-0.3, -0.25) is 9.69 Å². The van der Waals surface area contributed by atoms with Crippen LogP contribution in [0.25, 0.3) is 0 Å². The van der Waals surface area contributed by atoms with Crippen molar-refractivity contribution in [1.82, 2.24) is 4.90 Å². The number of halogens is 1. The highest BCUT2D eigenvalue weighted by Crippen LogP contribution is 2.26. The minimum Gasteiger partial charge on any atom is -0.396 e. The second-order valence-electron chi connectivity index (χ2n) is 5.19. The quantitative estimate of drug-likeness (QED) is 0.532. The number of benzene rings is 1. The Morgan fingerprint density at radius 3 is 2.60 bits per heavy atom. The highest BCUT2D eigenvalue weighted by atomic mass is 127. The van der Waals surface area contributed by atoms with Crippen LogP contribution in [0.3, 0.4) is 0 Å². The predicted molar refractivity (Wildman–Crippen MR) is 88.7 cm³/mol. The SMILES string of the molecule is O=C(CN(CCCCO)C1CC1)Nc1ccc(I)cc1. The number of carbonyl (C=O) groups excluding carboxylic acids is 1. The summed E-state index contributed by atoms with van der Waals surface area (Å²) in [5, 5.41) is 11.8. The van der Waals surface area contributed by atoms with Crippen LogP contribution in [0.2, 0.25) is 0 Å². The van der Waals surface area contributed by atoms with Crippen molar-refractivity contribution in [2.24, 2.45) is 0 Å². The monoisotopic (exact) mass is 388 g/mol. The Bertz CT molecular complexity index is 432. The molecule has 2 N–H and O–H groups in total. The van der Waals surface area contributed by atoms with Crippen LogP contribution in [0.4, 0.5) is 5.69 Å². The van der Waals surface area contributed by atoms with E-state index in [1.807, 2.05) is 24.3 Å². The van der Waals surface area contributed by atoms with Crippen LogP contribution in [-0.4, -0.2) is 41.7 Å². The second-order valence-corrected chi connectivity index (χ2v) is 6.43. The lowest BCUT2D eigenvalue weighted by Crippen LogP contribution is -2.35. The van der Waals surface area contributed by atoms with Crippen LogP contribution in [0.15, 0.2) is 24.3 Å². The molecule has 1 aromatic rings. The maximum absolute atomic E-state index is 12.1. The number of nitrogens with zero attached hydrogens (tertiary/aromatic N) is 1. The standard InChI is InChI=1S/C15H21IN2O2/c16-12-3-5-13(6-4-12)17-15(20)11-18(14-7-8-14)9-1-2-10-19/h3-6,14,19H,1-2,7-11H2,(H,17,20). The lowest BCUT2D eigenvalue weighted by atomic mass is 10.3. The summed E-state index contributed by atoms with van der Waals surface area (Å²) in [7, 11) is 0. The van der Waals surface area contributed by atoms with Crippen molar-refractivity contribution in [2.75, 3.05) is 25.0 Å². The fraction of sp³-hybridized carbons (Fsp3) is 0.533. The number of anilines is 1. The fourth-order valence-corrected chi connectivity index (χ4v) is 2.53. The summed E-state index contributed by atoms with van der Waals surface area (Å²) < 4.78 is 1.16. The Balaban J connectivity index is 1.80. The highest BCUT2D eigenvalue weighted by molar-refractivity contribution is 14.1. The Morgan fingerprint density at radius 2 is 2.00 bits per heavy atom. The minimum absolute atomic E-state index is 0.0436. The molecule has 0 radical (unpaired) electrons. The van der Waals surface area contributed by atoms with E-state index in [0.717, 1.165) is 28.6 Å². The first-order valence-electron chi connectivity index (χ1n) is 7.09. The molecule has 1 aliphatic rings. The van der Waals surface area contributed by atoms with Gasteiger partial charge in [-0.1, -0.05) is 0 Å². The molecule has 0 saturated heterocycles. The van der Waals surface area contributed by atoms with Crippen LogP contribution < -0.4 is 5.32 Å². The van der Waals surface area contributed by atoms with Crippen LogP contribution >= 0.6 is 22.6 Å². The molecule has 0 atom stereocenters. The van der Waals surface area contributed by atoms with Gasteiger partial charge in [0.25, 0.3) is 0 Å². The molecule has 0 bridgehead atoms. The van der Waals surface area contributed by atoms with Gasteiger partial charge in [0.05, 0.1) is 6.54 Å². The third kappa shape index (κ3) is 5.38. The van der Waals surface area contributed by atoms with Gasteiger partial charge >= 0.3 is 0 Å². The van der Waals surface area contributed by atoms with Crippen molar-refractivity contribution in [2.45, 2.75) is 31.7 Å². The van der Waals surface area contributed by atoms with E-state index in [4.69, 9.17) is 5.11 Å². The van der Waals surface area contributed by atoms with Crippen molar-refractivity contribution in [3.8, 4) is 0 Å². The average Bonchev–Trinajstić information content (AvgIpc) is 3.25. The maximum atomic E-state index is 12.1. The Morgan fingerprint density at radius 1 is 1.30 bits per heavy atom. The Labute approximate surface area is 133 Å². The van der Waals surface area contributed by atoms with Gasteiger partial charge in [-0.25, -0.2) is 0 Å². The van der Waals surface area contributed by atoms with Crippen molar-refractivity contribution in [3.05, 3.63) is 27.8 Å². The third-order valence-electron chi connectivity index (χ3n) is 3.39. The van der Waals surface area contributed by atoms with Gasteiger partial charge in [-0.05, 0) is 79.1 Å². The van der Waals surface area contributed by atoms with Gasteiger partial charge in [-0.15, -0.1) is 0 Å². The lowest BCUT2D eigenvalue weighted by Gasteiger charge is -2.21. The van der Waals surface area contributed by atoms with Crippen molar-refractivity contribution < 1.29 is 9.90 Å². The molecule has 4 nitrogen and oxygen atoms in total. The summed E-state index contributed by atoms with van der Waals surface area (Å²) in [6.45, 7) is 1.57. The fourth-order valence-electron chi connectivity index (χ4n) is 2.18. The summed E-state index contributed by atoms with van der Waals surface area (Å²) in [6, 6.07) is 8.38. The van der Waals surface area contributed by atoms with E-state index in [2.05, 4.69) is 32.8 Å². The number of hydrogen-bond acceptors (Lipinski definition) is 3. The molecule has 5 heteroatoms. The molecule has 20 heavy (non-hydrogen) atoms. The second kappa shape index (κ2) is 7.95. The van der Waals surface area contributed by atoms with Crippen molar-refractivity contribution in [1.29, 1.82) is 0 Å². The molecule has 1 saturated carbocycles. The molecule has 1 fully saturated rings. The molecule has 110 valence electrons. The van der Waals surface area contributed by atoms with Crippen LogP contribution in [-0.2, 0) is 4.79 Å². The molecule has 0 aromatic heterocycles. The molecule has 0 unspecified atom stereocenters. The molecular formula is C15H21IN2O2. The van der Waals surface area contributed by atoms with Gasteiger partial charge in [0, 0.05) is 21.9 Å². The first kappa shape index (κ1) is 15.7. The Kier molecular flexibility index (Phi) is 6.25. The number of carbonyl (C=O) groups is 1. The first-order valence-corrected chi connectivity index (χ1v) is 8.17. The molecule has 2 rings (SSSR count). The van der Waals surface area contributed by atoms with Gasteiger partial charge < -0.3 is 10.4 Å². The number of rotatable bonds is 8. The van der Waals surface area contributed by atoms with E-state index in [1.54, 1.807) is 0 Å². The molecule has 0 aliphatic heterocycles. The van der Waals surface area contributed by atoms with Gasteiger partial charge in [-0.2, -0.15) is 0 Å². The van der Waals surface area contributed by atoms with E-state index >= 15 is 0 Å². The molecule has 0 heterocycles. The molecule has 1 amide bonds. The number of aliphatic hydroxyl groups excluding tert-OH is 1. The summed E-state index contributed by atoms with van der Waals surface area (Å²) in [5.74, 6) is 0.0436. The van der Waals surface area contributed by atoms with Crippen LogP contribution in [0, 0.1) is 3.57 Å². The van der Waals surface area contributed by atoms with E-state index in [9.17, 15) is 4.79 Å². The van der Waals surface area contributed by atoms with Crippen molar-refractivity contribution >= 4 is 34.2 Å². The number of unbranched alkanes of at least 4 members (excludes halogenated alkanes) is 1. The summed E-state index contributed by atoms with van der Waals surface area (Å²) in [4.78, 5) is 14.3. The topological polar surface area (TPSA) is 52.6 Å². The normalized spacial score (nSPS) is 14.6. The van der Waals surface area contributed by atoms with Crippen LogP contribution in [0.1, 0.15) is 25.7 Å². The van der Waals surface area contributed by atoms with Crippen LogP contribution in [0.5, 0.6) is 0 Å². The van der Waals surface area contributed by atoms with Crippen molar-refractivity contribution in [3.63, 3.8) is 0 Å². The minimum atomic E-state index is 0.0436. The molecule has 1 aliphatic carbocycles. The zero-order valence-electron chi connectivity index (χ0n) is 11.5. The Hall–Kier alpha value is -0.660. The van der Waals surface area contributed by atoms with Gasteiger partial charge in [0.15, 0.2) is 0 Å². The number of nitrogens with one attached hydrogen (secondary N) is 1. The largest absolute Gasteiger partial charge is 0.396 e. The summed E-state index contributed by atoms with van der Waals surface area (Å²) >= 11 is 2.24. The van der Waals surface area contributed by atoms with Gasteiger partial charge in [0.1, 0.15) is 0 Å². The smallest absolute Gasteiger partial charge is 0.238 e. The number of hydrogen-bond donors (Lipinski definition) is 2. The highest BCUT2D eigenvalue weighted by Gasteiger charge is 2.29. The zero-order valence-corrected chi connectivity index (χ0v) is 13.7. The van der Waals surface area contributed by atoms with E-state index in [0.29, 0.717) is 12.6 Å². The zero-order chi connectivity index (χ0) is 14.4. The third-order valence-corrected chi connectivity index (χ3v) is 4.11. The van der Waals surface area contributed by atoms with E-state index < -0.39 is 0 Å². The lowest BCUT2D eigenvalue weighted by molar-refractivity contribution is -0.117. The average molecular weight is 388 g/mol. The van der Waals surface area contributed by atoms with E-state index in [1.165, 1.54) is 12.8 Å². The molecular weight excluding hydrogens is 367 g/mol. The van der Waals surface area contributed by atoms with Gasteiger partial charge in [0.2, 0.25) is 5.91 Å². The summed E-state index contributed by atoms with van der Waals surface area (Å²) in [6.07, 6.45) is 4.14. The summed E-state index contributed by atoms with van der Waals surface area (Å²) in [5.41, 5.74) is 0.849. The van der Waals surface area contributed by atoms with E-state index in [-0.39, 0.29) is 12.5 Å². The predicted octanol–water partition coefficient (Wildman–Crippen LogP) is 2.47. The molecule has 0 spiro atoms. The molecule has 1 aromatic carbocycles.